The molecule has 2 aliphatic rings. The van der Waals surface area contributed by atoms with Crippen molar-refractivity contribution in [3.8, 4) is 0 Å². The largest absolute Gasteiger partial charge is 0.444 e. The van der Waals surface area contributed by atoms with Crippen LogP contribution in [0.5, 0.6) is 0 Å². The molecule has 104 valence electrons. The van der Waals surface area contributed by atoms with Gasteiger partial charge in [0.25, 0.3) is 0 Å². The van der Waals surface area contributed by atoms with Gasteiger partial charge in [-0.2, -0.15) is 0 Å². The van der Waals surface area contributed by atoms with E-state index in [-0.39, 0.29) is 12.1 Å². The molecule has 1 saturated heterocycles. The first-order valence-electron chi connectivity index (χ1n) is 6.77. The van der Waals surface area contributed by atoms with Crippen molar-refractivity contribution in [1.29, 1.82) is 0 Å². The first kappa shape index (κ1) is 13.6. The van der Waals surface area contributed by atoms with Crippen LogP contribution in [0.3, 0.4) is 0 Å². The standard InChI is InChI=1S/C13H24N2O3/c1-13(2,3)18-12(16)14-10-4-5-11(10)15-6-8-17-9-7-15/h10-11H,4-9H2,1-3H3,(H,14,16)/t10-,11+/m1/s1. The second-order valence-corrected chi connectivity index (χ2v) is 6.05. The lowest BCUT2D eigenvalue weighted by molar-refractivity contribution is -0.0175. The monoisotopic (exact) mass is 256 g/mol. The summed E-state index contributed by atoms with van der Waals surface area (Å²) in [6, 6.07) is 0.694. The van der Waals surface area contributed by atoms with E-state index in [1.165, 1.54) is 0 Å². The molecule has 0 radical (unpaired) electrons. The van der Waals surface area contributed by atoms with E-state index >= 15 is 0 Å². The molecule has 0 unspecified atom stereocenters. The predicted molar refractivity (Wildman–Crippen MR) is 68.6 cm³/mol. The van der Waals surface area contributed by atoms with Gasteiger partial charge in [0, 0.05) is 25.2 Å². The molecule has 1 N–H and O–H groups in total. The highest BCUT2D eigenvalue weighted by Gasteiger charge is 2.37. The molecule has 1 amide bonds. The lowest BCUT2D eigenvalue weighted by atomic mass is 9.85. The third-order valence-corrected chi connectivity index (χ3v) is 3.45. The van der Waals surface area contributed by atoms with Gasteiger partial charge in [-0.15, -0.1) is 0 Å². The van der Waals surface area contributed by atoms with E-state index in [0.717, 1.165) is 39.1 Å². The molecule has 1 heterocycles. The molecule has 0 aromatic heterocycles. The Balaban J connectivity index is 1.78. The Morgan fingerprint density at radius 1 is 1.28 bits per heavy atom. The van der Waals surface area contributed by atoms with Crippen LogP contribution in [0.25, 0.3) is 0 Å². The summed E-state index contributed by atoms with van der Waals surface area (Å²) in [4.78, 5) is 14.1. The number of nitrogens with one attached hydrogen (secondary N) is 1. The third kappa shape index (κ3) is 3.59. The molecular weight excluding hydrogens is 232 g/mol. The number of ether oxygens (including phenoxy) is 2. The summed E-state index contributed by atoms with van der Waals surface area (Å²) in [6.07, 6.45) is 1.90. The number of alkyl carbamates (subject to hydrolysis) is 1. The van der Waals surface area contributed by atoms with Crippen molar-refractivity contribution in [3.05, 3.63) is 0 Å². The molecule has 1 aliphatic carbocycles. The first-order chi connectivity index (χ1) is 8.46. The molecule has 1 saturated carbocycles. The maximum atomic E-state index is 11.7. The van der Waals surface area contributed by atoms with Crippen LogP contribution in [0.2, 0.25) is 0 Å². The lowest BCUT2D eigenvalue weighted by Crippen LogP contribution is -2.60. The van der Waals surface area contributed by atoms with Crippen molar-refractivity contribution in [1.82, 2.24) is 10.2 Å². The summed E-state index contributed by atoms with van der Waals surface area (Å²) in [6.45, 7) is 9.19. The van der Waals surface area contributed by atoms with E-state index in [4.69, 9.17) is 9.47 Å². The third-order valence-electron chi connectivity index (χ3n) is 3.45. The highest BCUT2D eigenvalue weighted by Crippen LogP contribution is 2.26. The zero-order valence-electron chi connectivity index (χ0n) is 11.6. The van der Waals surface area contributed by atoms with Crippen LogP contribution in [0.15, 0.2) is 0 Å². The van der Waals surface area contributed by atoms with Crippen molar-refractivity contribution in [2.75, 3.05) is 26.3 Å². The number of hydrogen-bond donors (Lipinski definition) is 1. The predicted octanol–water partition coefficient (Wildman–Crippen LogP) is 1.37. The fourth-order valence-corrected chi connectivity index (χ4v) is 2.46. The molecule has 5 nitrogen and oxygen atoms in total. The van der Waals surface area contributed by atoms with Gasteiger partial charge < -0.3 is 14.8 Å². The minimum atomic E-state index is -0.428. The Morgan fingerprint density at radius 2 is 1.94 bits per heavy atom. The van der Waals surface area contributed by atoms with Gasteiger partial charge in [0.2, 0.25) is 0 Å². The molecular formula is C13H24N2O3. The summed E-state index contributed by atoms with van der Waals surface area (Å²) < 4.78 is 10.6. The Labute approximate surface area is 109 Å². The fraction of sp³-hybridized carbons (Fsp3) is 0.923. The van der Waals surface area contributed by atoms with Crippen LogP contribution in [0.4, 0.5) is 4.79 Å². The van der Waals surface area contributed by atoms with E-state index < -0.39 is 5.60 Å². The van der Waals surface area contributed by atoms with Crippen LogP contribution >= 0.6 is 0 Å². The van der Waals surface area contributed by atoms with Gasteiger partial charge in [0.15, 0.2) is 0 Å². The SMILES string of the molecule is CC(C)(C)OC(=O)N[C@@H]1CC[C@@H]1N1CCOCC1. The molecule has 2 rings (SSSR count). The highest BCUT2D eigenvalue weighted by molar-refractivity contribution is 5.68. The molecule has 0 spiro atoms. The molecule has 2 atom stereocenters. The first-order valence-corrected chi connectivity index (χ1v) is 6.77. The molecule has 1 aliphatic heterocycles. The molecule has 0 bridgehead atoms. The second kappa shape index (κ2) is 5.45. The molecule has 0 aromatic rings. The van der Waals surface area contributed by atoms with Gasteiger partial charge in [-0.3, -0.25) is 4.90 Å². The van der Waals surface area contributed by atoms with Crippen molar-refractivity contribution in [2.45, 2.75) is 51.3 Å². The van der Waals surface area contributed by atoms with Crippen LogP contribution < -0.4 is 5.32 Å². The van der Waals surface area contributed by atoms with E-state index in [2.05, 4.69) is 10.2 Å². The van der Waals surface area contributed by atoms with Gasteiger partial charge in [-0.25, -0.2) is 4.79 Å². The van der Waals surface area contributed by atoms with E-state index in [0.29, 0.717) is 6.04 Å². The van der Waals surface area contributed by atoms with Crippen molar-refractivity contribution in [2.24, 2.45) is 0 Å². The maximum Gasteiger partial charge on any atom is 0.407 e. The van der Waals surface area contributed by atoms with Gasteiger partial charge in [-0.05, 0) is 33.6 Å². The number of amides is 1. The topological polar surface area (TPSA) is 50.8 Å². The van der Waals surface area contributed by atoms with Crippen molar-refractivity contribution in [3.63, 3.8) is 0 Å². The summed E-state index contributed by atoms with van der Waals surface area (Å²) in [7, 11) is 0. The van der Waals surface area contributed by atoms with Crippen LogP contribution in [-0.4, -0.2) is 55.0 Å². The van der Waals surface area contributed by atoms with Gasteiger partial charge in [0.1, 0.15) is 5.60 Å². The number of hydrogen-bond acceptors (Lipinski definition) is 4. The summed E-state index contributed by atoms with van der Waals surface area (Å²) in [5.74, 6) is 0. The molecule has 0 aromatic carbocycles. The molecule has 5 heteroatoms. The maximum absolute atomic E-state index is 11.7. The quantitative estimate of drug-likeness (QED) is 0.811. The number of carbonyl (C=O) groups excluding carboxylic acids is 1. The van der Waals surface area contributed by atoms with Gasteiger partial charge in [-0.1, -0.05) is 0 Å². The summed E-state index contributed by atoms with van der Waals surface area (Å²) >= 11 is 0. The molecule has 18 heavy (non-hydrogen) atoms. The Kier molecular flexibility index (Phi) is 4.12. The smallest absolute Gasteiger partial charge is 0.407 e. The second-order valence-electron chi connectivity index (χ2n) is 6.05. The number of morpholine rings is 1. The van der Waals surface area contributed by atoms with Crippen LogP contribution in [-0.2, 0) is 9.47 Å². The number of nitrogens with zero attached hydrogens (tertiary/aromatic N) is 1. The Morgan fingerprint density at radius 3 is 2.44 bits per heavy atom. The van der Waals surface area contributed by atoms with E-state index in [1.54, 1.807) is 0 Å². The zero-order chi connectivity index (χ0) is 13.2. The minimum Gasteiger partial charge on any atom is -0.444 e. The lowest BCUT2D eigenvalue weighted by Gasteiger charge is -2.45. The molecule has 2 fully saturated rings. The van der Waals surface area contributed by atoms with E-state index in [9.17, 15) is 4.79 Å². The average Bonchev–Trinajstić information content (AvgIpc) is 2.23. The van der Waals surface area contributed by atoms with Crippen LogP contribution in [0, 0.1) is 0 Å². The summed E-state index contributed by atoms with van der Waals surface area (Å²) in [5, 5.41) is 2.98. The van der Waals surface area contributed by atoms with E-state index in [1.807, 2.05) is 20.8 Å². The van der Waals surface area contributed by atoms with Crippen molar-refractivity contribution >= 4 is 6.09 Å². The Hall–Kier alpha value is -0.810. The number of rotatable bonds is 2. The fourth-order valence-electron chi connectivity index (χ4n) is 2.46. The van der Waals surface area contributed by atoms with Crippen LogP contribution in [0.1, 0.15) is 33.6 Å². The van der Waals surface area contributed by atoms with Gasteiger partial charge in [0.05, 0.1) is 13.2 Å². The van der Waals surface area contributed by atoms with Gasteiger partial charge >= 0.3 is 6.09 Å². The highest BCUT2D eigenvalue weighted by atomic mass is 16.6. The normalized spacial score (nSPS) is 29.5. The number of carbonyl (C=O) groups is 1. The summed E-state index contributed by atoms with van der Waals surface area (Å²) in [5.41, 5.74) is -0.428. The minimum absolute atomic E-state index is 0.234. The van der Waals surface area contributed by atoms with Crippen molar-refractivity contribution < 1.29 is 14.3 Å². The zero-order valence-corrected chi connectivity index (χ0v) is 11.6. The Bertz CT molecular complexity index is 295. The average molecular weight is 256 g/mol.